The van der Waals surface area contributed by atoms with Gasteiger partial charge in [-0.25, -0.2) is 4.79 Å². The molecule has 0 saturated heterocycles. The molecule has 1 heterocycles. The normalized spacial score (nSPS) is 10.7. The van der Waals surface area contributed by atoms with Gasteiger partial charge in [0.25, 0.3) is 0 Å². The first-order valence-corrected chi connectivity index (χ1v) is 6.07. The third-order valence-electron chi connectivity index (χ3n) is 2.50. The Hall–Kier alpha value is -1.42. The van der Waals surface area contributed by atoms with E-state index in [1.165, 1.54) is 6.92 Å². The molecule has 0 spiro atoms. The van der Waals surface area contributed by atoms with Crippen LogP contribution in [0.25, 0.3) is 10.8 Å². The zero-order valence-corrected chi connectivity index (χ0v) is 10.9. The minimum Gasteiger partial charge on any atom is -0.427 e. The Labute approximate surface area is 107 Å². The second kappa shape index (κ2) is 4.84. The maximum Gasteiger partial charge on any atom is 0.343 e. The van der Waals surface area contributed by atoms with Gasteiger partial charge < -0.3 is 9.21 Å². The molecule has 2 aromatic rings. The summed E-state index contributed by atoms with van der Waals surface area (Å²) in [5.41, 5.74) is -0.359. The van der Waals surface area contributed by atoms with Gasteiger partial charge in [0.2, 0.25) is 0 Å². The summed E-state index contributed by atoms with van der Waals surface area (Å²) in [6.45, 7) is 1.52. The zero-order valence-electron chi connectivity index (χ0n) is 9.33. The molecular formula is C13H11BrO3. The standard InChI is InChI=1S/C13H11BrO3/c1-8(15)2-5-11-6-9-3-4-10(14)7-12(9)13(16)17-11/h3-4,6-7H,2,5H2,1H3. The molecule has 1 aromatic carbocycles. The fourth-order valence-corrected chi connectivity index (χ4v) is 1.99. The molecule has 1 aromatic heterocycles. The fraction of sp³-hybridized carbons (Fsp3) is 0.231. The molecule has 0 saturated carbocycles. The maximum atomic E-state index is 11.7. The van der Waals surface area contributed by atoms with Crippen LogP contribution in [0.2, 0.25) is 0 Å². The Morgan fingerprint density at radius 1 is 1.35 bits per heavy atom. The number of Topliss-reactive ketones (excluding diaryl/α,β-unsaturated/α-hetero) is 1. The van der Waals surface area contributed by atoms with E-state index in [4.69, 9.17) is 4.42 Å². The van der Waals surface area contributed by atoms with E-state index >= 15 is 0 Å². The molecule has 17 heavy (non-hydrogen) atoms. The van der Waals surface area contributed by atoms with Crippen LogP contribution in [0.4, 0.5) is 0 Å². The summed E-state index contributed by atoms with van der Waals surface area (Å²) in [5, 5.41) is 1.38. The van der Waals surface area contributed by atoms with Gasteiger partial charge >= 0.3 is 5.63 Å². The van der Waals surface area contributed by atoms with Gasteiger partial charge in [-0.15, -0.1) is 0 Å². The Bertz CT molecular complexity index is 628. The van der Waals surface area contributed by atoms with Gasteiger partial charge in [0.15, 0.2) is 0 Å². The van der Waals surface area contributed by atoms with E-state index in [1.54, 1.807) is 6.07 Å². The maximum absolute atomic E-state index is 11.7. The van der Waals surface area contributed by atoms with E-state index in [-0.39, 0.29) is 11.4 Å². The monoisotopic (exact) mass is 294 g/mol. The van der Waals surface area contributed by atoms with Crippen LogP contribution in [0.3, 0.4) is 0 Å². The Kier molecular flexibility index (Phi) is 3.43. The number of hydrogen-bond donors (Lipinski definition) is 0. The van der Waals surface area contributed by atoms with Crippen LogP contribution in [0.15, 0.2) is 37.9 Å². The van der Waals surface area contributed by atoms with Gasteiger partial charge in [0.05, 0.1) is 5.39 Å². The molecule has 0 fully saturated rings. The highest BCUT2D eigenvalue weighted by Crippen LogP contribution is 2.18. The summed E-state index contributed by atoms with van der Waals surface area (Å²) in [4.78, 5) is 22.6. The van der Waals surface area contributed by atoms with Crippen molar-refractivity contribution in [1.29, 1.82) is 0 Å². The van der Waals surface area contributed by atoms with Gasteiger partial charge in [0.1, 0.15) is 11.5 Å². The van der Waals surface area contributed by atoms with Gasteiger partial charge in [0, 0.05) is 17.3 Å². The summed E-state index contributed by atoms with van der Waals surface area (Å²) < 4.78 is 6.01. The molecule has 0 amide bonds. The Morgan fingerprint density at radius 2 is 2.12 bits per heavy atom. The van der Waals surface area contributed by atoms with Gasteiger partial charge in [-0.1, -0.05) is 22.0 Å². The van der Waals surface area contributed by atoms with Crippen molar-refractivity contribution in [3.8, 4) is 0 Å². The molecule has 0 aliphatic carbocycles. The molecule has 88 valence electrons. The Morgan fingerprint density at radius 3 is 2.82 bits per heavy atom. The van der Waals surface area contributed by atoms with Crippen molar-refractivity contribution in [1.82, 2.24) is 0 Å². The highest BCUT2D eigenvalue weighted by atomic mass is 79.9. The van der Waals surface area contributed by atoms with Crippen LogP contribution in [-0.2, 0) is 11.2 Å². The van der Waals surface area contributed by atoms with E-state index < -0.39 is 0 Å². The lowest BCUT2D eigenvalue weighted by molar-refractivity contribution is -0.117. The molecule has 0 N–H and O–H groups in total. The topological polar surface area (TPSA) is 47.3 Å². The van der Waals surface area contributed by atoms with Crippen LogP contribution < -0.4 is 5.63 Å². The van der Waals surface area contributed by atoms with E-state index in [1.807, 2.05) is 18.2 Å². The van der Waals surface area contributed by atoms with E-state index in [0.717, 1.165) is 9.86 Å². The van der Waals surface area contributed by atoms with Crippen molar-refractivity contribution in [2.45, 2.75) is 19.8 Å². The van der Waals surface area contributed by atoms with Gasteiger partial charge in [-0.05, 0) is 30.5 Å². The van der Waals surface area contributed by atoms with Crippen molar-refractivity contribution >= 4 is 32.5 Å². The fourth-order valence-electron chi connectivity index (χ4n) is 1.63. The second-order valence-corrected chi connectivity index (χ2v) is 4.85. The van der Waals surface area contributed by atoms with E-state index in [9.17, 15) is 9.59 Å². The lowest BCUT2D eigenvalue weighted by atomic mass is 10.1. The molecule has 2 rings (SSSR count). The van der Waals surface area contributed by atoms with Gasteiger partial charge in [-0.2, -0.15) is 0 Å². The average Bonchev–Trinajstić information content (AvgIpc) is 2.27. The van der Waals surface area contributed by atoms with Crippen molar-refractivity contribution in [2.75, 3.05) is 0 Å². The largest absolute Gasteiger partial charge is 0.427 e. The zero-order chi connectivity index (χ0) is 12.4. The number of rotatable bonds is 3. The first-order valence-electron chi connectivity index (χ1n) is 5.28. The predicted octanol–water partition coefficient (Wildman–Crippen LogP) is 3.08. The molecule has 0 unspecified atom stereocenters. The minimum atomic E-state index is -0.359. The molecular weight excluding hydrogens is 284 g/mol. The van der Waals surface area contributed by atoms with Crippen LogP contribution in [0.5, 0.6) is 0 Å². The summed E-state index contributed by atoms with van der Waals surface area (Å²) in [5.74, 6) is 0.642. The Balaban J connectivity index is 2.45. The summed E-state index contributed by atoms with van der Waals surface area (Å²) in [6.07, 6.45) is 0.863. The number of benzene rings is 1. The number of carbonyl (C=O) groups is 1. The number of carbonyl (C=O) groups excluding carboxylic acids is 1. The quantitative estimate of drug-likeness (QED) is 0.874. The van der Waals surface area contributed by atoms with Gasteiger partial charge in [-0.3, -0.25) is 0 Å². The van der Waals surface area contributed by atoms with Crippen LogP contribution in [0.1, 0.15) is 19.1 Å². The lowest BCUT2D eigenvalue weighted by Crippen LogP contribution is -2.03. The first-order chi connectivity index (χ1) is 8.06. The SMILES string of the molecule is CC(=O)CCc1cc2ccc(Br)cc2c(=O)o1. The summed E-state index contributed by atoms with van der Waals surface area (Å²) >= 11 is 3.31. The highest BCUT2D eigenvalue weighted by Gasteiger charge is 2.06. The molecule has 4 heteroatoms. The number of halogens is 1. The molecule has 0 atom stereocenters. The van der Waals surface area contributed by atoms with Crippen LogP contribution >= 0.6 is 15.9 Å². The van der Waals surface area contributed by atoms with Crippen molar-refractivity contribution in [3.63, 3.8) is 0 Å². The average molecular weight is 295 g/mol. The van der Waals surface area contributed by atoms with Crippen molar-refractivity contribution < 1.29 is 9.21 Å². The number of ketones is 1. The minimum absolute atomic E-state index is 0.0866. The molecule has 0 bridgehead atoms. The third-order valence-corrected chi connectivity index (χ3v) is 2.99. The molecule has 0 aliphatic rings. The van der Waals surface area contributed by atoms with Crippen LogP contribution in [-0.4, -0.2) is 5.78 Å². The number of hydrogen-bond acceptors (Lipinski definition) is 3. The first kappa shape index (κ1) is 12.0. The second-order valence-electron chi connectivity index (χ2n) is 3.93. The number of fused-ring (bicyclic) bond motifs is 1. The molecule has 3 nitrogen and oxygen atoms in total. The molecule has 0 radical (unpaired) electrons. The van der Waals surface area contributed by atoms with Crippen molar-refractivity contribution in [3.05, 3.63) is 44.9 Å². The van der Waals surface area contributed by atoms with E-state index in [0.29, 0.717) is 24.0 Å². The lowest BCUT2D eigenvalue weighted by Gasteiger charge is -2.01. The number of aryl methyl sites for hydroxylation is 1. The summed E-state index contributed by atoms with van der Waals surface area (Å²) in [7, 11) is 0. The highest BCUT2D eigenvalue weighted by molar-refractivity contribution is 9.10. The van der Waals surface area contributed by atoms with Crippen LogP contribution in [0, 0.1) is 0 Å². The summed E-state index contributed by atoms with van der Waals surface area (Å²) in [6, 6.07) is 7.27. The van der Waals surface area contributed by atoms with E-state index in [2.05, 4.69) is 15.9 Å². The van der Waals surface area contributed by atoms with Crippen molar-refractivity contribution in [2.24, 2.45) is 0 Å². The predicted molar refractivity (Wildman–Crippen MR) is 69.2 cm³/mol. The molecule has 0 aliphatic heterocycles. The smallest absolute Gasteiger partial charge is 0.343 e. The third kappa shape index (κ3) is 2.82.